The molecule has 0 saturated carbocycles. The van der Waals surface area contributed by atoms with E-state index in [1.807, 2.05) is 115 Å². The molecular weight excluding hydrogens is 1110 g/mol. The van der Waals surface area contributed by atoms with E-state index in [9.17, 15) is 5.11 Å². The monoisotopic (exact) mass is 1200 g/mol. The molecule has 3 aliphatic rings. The van der Waals surface area contributed by atoms with Crippen molar-refractivity contribution in [3.63, 3.8) is 0 Å². The third kappa shape index (κ3) is 15.6. The van der Waals surface area contributed by atoms with Gasteiger partial charge in [-0.1, -0.05) is 71.9 Å². The SMILES string of the molecule is COC[C@H]1O[C@@H](O[C@@H]2OC[C@H](O[C@H]3OC[C@@H](OCc4ccc(OC)cc4)[C@H](O[Si](C)(C)C(C)(C)C)[C@@H]3[Se](=O)c3ccccc3)[C@@H](O)[C@H]2OCc2ccccc2)[C@@H](OC)[C@@H](OCc2ccccc2)[C@@H]1O[Si](C(C)C)(C(C)C)C(C)C. The molecule has 4 aromatic rings. The first-order valence-electron chi connectivity index (χ1n) is 28.0. The second kappa shape index (κ2) is 28.9. The standard InChI is InChI=1S/C61H90O15SeSi2/c1-40(2)79(41(3)4,42(5)6)76-52-50(37-64-10)73-59(56(66-12)55(52)69-36-44-26-20-16-21-27-44)74-58-54(68-35-43-24-18-15-19-25-43)51(62)48(38-70-58)72-60-57(77(63)47-28-22-17-23-29-47)53(75-78(13,14)61(7,8)9)49(39-71-60)67-34-45-30-32-46(65-11)33-31-45/h15-33,40-42,48-60,62H,34-39H2,1-14H3/t48-,49+,50+,51+,52+,53-,54+,55-,56-,57-,58-,59-,60+,77?/m0/s1. The summed E-state index contributed by atoms with van der Waals surface area (Å²) >= 11 is -3.09. The molecule has 3 saturated heterocycles. The zero-order chi connectivity index (χ0) is 57.1. The van der Waals surface area contributed by atoms with Gasteiger partial charge in [-0.3, -0.25) is 0 Å². The maximum absolute atomic E-state index is 15.4. The van der Waals surface area contributed by atoms with Crippen LogP contribution in [-0.2, 0) is 79.9 Å². The molecule has 18 heteroatoms. The molecule has 0 radical (unpaired) electrons. The van der Waals surface area contributed by atoms with E-state index in [1.165, 1.54) is 0 Å². The van der Waals surface area contributed by atoms with Crippen LogP contribution in [0.2, 0.25) is 39.6 Å². The van der Waals surface area contributed by atoms with Crippen LogP contribution in [0.5, 0.6) is 5.75 Å². The summed E-state index contributed by atoms with van der Waals surface area (Å²) in [6.07, 6.45) is -11.1. The average Bonchev–Trinajstić information content (AvgIpc) is 3.46. The maximum atomic E-state index is 15.4. The van der Waals surface area contributed by atoms with Gasteiger partial charge in [-0.15, -0.1) is 0 Å². The molecule has 438 valence electrons. The van der Waals surface area contributed by atoms with E-state index < -0.39 is 109 Å². The van der Waals surface area contributed by atoms with Crippen molar-refractivity contribution in [2.45, 2.75) is 196 Å². The topological polar surface area (TPSA) is 157 Å². The van der Waals surface area contributed by atoms with Crippen molar-refractivity contribution in [2.75, 3.05) is 41.2 Å². The molecule has 3 fully saturated rings. The number of methoxy groups -OCH3 is 3. The van der Waals surface area contributed by atoms with Gasteiger partial charge in [-0.25, -0.2) is 0 Å². The molecule has 4 aromatic carbocycles. The Labute approximate surface area is 476 Å². The van der Waals surface area contributed by atoms with Crippen LogP contribution in [0.15, 0.2) is 115 Å². The van der Waals surface area contributed by atoms with Gasteiger partial charge in [0, 0.05) is 7.11 Å². The Morgan fingerprint density at radius 2 is 1.11 bits per heavy atom. The van der Waals surface area contributed by atoms with Crippen molar-refractivity contribution in [2.24, 2.45) is 0 Å². The summed E-state index contributed by atoms with van der Waals surface area (Å²) in [5, 5.41) is 12.6. The first-order valence-corrected chi connectivity index (χ1v) is 35.6. The van der Waals surface area contributed by atoms with E-state index in [2.05, 4.69) is 75.4 Å². The third-order valence-electron chi connectivity index (χ3n) is 16.3. The van der Waals surface area contributed by atoms with Crippen molar-refractivity contribution >= 4 is 34.9 Å². The van der Waals surface area contributed by atoms with Crippen molar-refractivity contribution in [3.8, 4) is 5.75 Å². The number of aliphatic hydroxyl groups excluding tert-OH is 1. The summed E-state index contributed by atoms with van der Waals surface area (Å²) in [5.41, 5.74) is 3.57. The minimum Gasteiger partial charge on any atom is -0.408 e. The molecular formula is C61H90O15SeSi2. The van der Waals surface area contributed by atoms with Gasteiger partial charge >= 0.3 is 354 Å². The molecule has 0 spiro atoms. The number of rotatable bonds is 26. The van der Waals surface area contributed by atoms with Gasteiger partial charge in [0.2, 0.25) is 8.32 Å². The summed E-state index contributed by atoms with van der Waals surface area (Å²) < 4.78 is 103. The molecule has 14 atom stereocenters. The van der Waals surface area contributed by atoms with Crippen molar-refractivity contribution in [1.82, 2.24) is 0 Å². The first-order chi connectivity index (χ1) is 37.7. The van der Waals surface area contributed by atoms with Crippen molar-refractivity contribution < 1.29 is 69.9 Å². The molecule has 0 aliphatic carbocycles. The molecule has 1 unspecified atom stereocenters. The zero-order valence-electron chi connectivity index (χ0n) is 49.0. The van der Waals surface area contributed by atoms with Gasteiger partial charge in [-0.05, 0) is 22.2 Å². The summed E-state index contributed by atoms with van der Waals surface area (Å²) in [6, 6.07) is 36.8. The van der Waals surface area contributed by atoms with Crippen LogP contribution >= 0.6 is 0 Å². The smallest absolute Gasteiger partial charge is 0.408 e. The predicted octanol–water partition coefficient (Wildman–Crippen LogP) is 10.3. The van der Waals surface area contributed by atoms with Gasteiger partial charge in [0.05, 0.1) is 6.61 Å². The quantitative estimate of drug-likeness (QED) is 0.0592. The van der Waals surface area contributed by atoms with Gasteiger partial charge in [0.1, 0.15) is 0 Å². The summed E-state index contributed by atoms with van der Waals surface area (Å²) in [4.78, 5) is -0.821. The van der Waals surface area contributed by atoms with Crippen LogP contribution in [0.3, 0.4) is 0 Å². The fourth-order valence-corrected chi connectivity index (χ4v) is 21.4. The summed E-state index contributed by atoms with van der Waals surface area (Å²) in [6.45, 7) is 25.1. The van der Waals surface area contributed by atoms with E-state index in [4.69, 9.17) is 61.0 Å². The van der Waals surface area contributed by atoms with Crippen molar-refractivity contribution in [3.05, 3.63) is 132 Å². The Hall–Kier alpha value is -3.09. The van der Waals surface area contributed by atoms with Crippen LogP contribution in [0.4, 0.5) is 0 Å². The number of hydrogen-bond acceptors (Lipinski definition) is 15. The first kappa shape index (κ1) is 63.5. The third-order valence-corrected chi connectivity index (χ3v) is 30.4. The van der Waals surface area contributed by atoms with Gasteiger partial charge in [0.15, 0.2) is 0 Å². The second-order valence-corrected chi connectivity index (χ2v) is 37.0. The summed E-state index contributed by atoms with van der Waals surface area (Å²) in [7, 11) is -0.266. The van der Waals surface area contributed by atoms with Crippen LogP contribution in [0, 0.1) is 0 Å². The van der Waals surface area contributed by atoms with E-state index >= 15 is 3.83 Å². The number of benzene rings is 4. The molecule has 3 aliphatic heterocycles. The fourth-order valence-electron chi connectivity index (χ4n) is 11.0. The minimum absolute atomic E-state index is 0.0705. The molecule has 0 bridgehead atoms. The molecule has 3 heterocycles. The van der Waals surface area contributed by atoms with Crippen molar-refractivity contribution in [1.29, 1.82) is 0 Å². The molecule has 0 amide bonds. The van der Waals surface area contributed by atoms with Gasteiger partial charge in [-0.2, -0.15) is 0 Å². The minimum atomic E-state index is -3.09. The Morgan fingerprint density at radius 3 is 1.65 bits per heavy atom. The molecule has 15 nitrogen and oxygen atoms in total. The van der Waals surface area contributed by atoms with Gasteiger partial charge in [0.25, 0.3) is 0 Å². The number of aliphatic hydroxyl groups is 1. The molecule has 7 rings (SSSR count). The molecule has 0 aromatic heterocycles. The van der Waals surface area contributed by atoms with E-state index in [-0.39, 0.29) is 61.3 Å². The number of ether oxygens (including phenoxy) is 11. The normalized spacial score (nSPS) is 28.6. The van der Waals surface area contributed by atoms with E-state index in [0.29, 0.717) is 4.46 Å². The Bertz CT molecular complexity index is 2410. The fraction of sp³-hybridized carbons (Fsp3) is 0.607. The van der Waals surface area contributed by atoms with E-state index in [1.54, 1.807) is 21.3 Å². The average molecular weight is 1200 g/mol. The zero-order valence-corrected chi connectivity index (χ0v) is 52.7. The molecule has 1 N–H and O–H groups in total. The second-order valence-electron chi connectivity index (χ2n) is 23.4. The predicted molar refractivity (Wildman–Crippen MR) is 309 cm³/mol. The number of hydrogen-bond donors (Lipinski definition) is 1. The van der Waals surface area contributed by atoms with Crippen LogP contribution in [0.25, 0.3) is 0 Å². The van der Waals surface area contributed by atoms with Crippen LogP contribution < -0.4 is 9.20 Å². The molecule has 79 heavy (non-hydrogen) atoms. The van der Waals surface area contributed by atoms with E-state index in [0.717, 1.165) is 22.4 Å². The van der Waals surface area contributed by atoms with Crippen LogP contribution in [-0.4, -0.2) is 151 Å². The Kier molecular flexibility index (Phi) is 23.3. The van der Waals surface area contributed by atoms with Crippen LogP contribution in [0.1, 0.15) is 79.0 Å². The Balaban J connectivity index is 1.21. The van der Waals surface area contributed by atoms with Gasteiger partial charge < -0.3 is 9.16 Å². The summed E-state index contributed by atoms with van der Waals surface area (Å²) in [5.74, 6) is 0.738. The Morgan fingerprint density at radius 1 is 0.595 bits per heavy atom.